The summed E-state index contributed by atoms with van der Waals surface area (Å²) in [6, 6.07) is 9.85. The first-order chi connectivity index (χ1) is 11.7. The van der Waals surface area contributed by atoms with Gasteiger partial charge in [-0.05, 0) is 17.6 Å². The number of aliphatic hydroxyl groups is 1. The number of rotatable bonds is 5. The highest BCUT2D eigenvalue weighted by atomic mass is 16.3. The van der Waals surface area contributed by atoms with Crippen molar-refractivity contribution in [3.63, 3.8) is 0 Å². The maximum absolute atomic E-state index is 10.6. The molecule has 0 fully saturated rings. The molecule has 3 rings (SSSR count). The van der Waals surface area contributed by atoms with Crippen molar-refractivity contribution in [2.24, 2.45) is 5.92 Å². The maximum atomic E-state index is 10.6. The summed E-state index contributed by atoms with van der Waals surface area (Å²) < 4.78 is 0. The van der Waals surface area contributed by atoms with Gasteiger partial charge < -0.3 is 15.3 Å². The lowest BCUT2D eigenvalue weighted by molar-refractivity contribution is 0.142. The molecule has 3 nitrogen and oxygen atoms in total. The van der Waals surface area contributed by atoms with E-state index in [4.69, 9.17) is 0 Å². The molecule has 2 heterocycles. The fourth-order valence-electron chi connectivity index (χ4n) is 3.51. The van der Waals surface area contributed by atoms with E-state index in [2.05, 4.69) is 23.4 Å². The third-order valence-corrected chi connectivity index (χ3v) is 4.66. The third-order valence-electron chi connectivity index (χ3n) is 4.66. The second kappa shape index (κ2) is 8.86. The summed E-state index contributed by atoms with van der Waals surface area (Å²) in [7, 11) is 0. The zero-order valence-electron chi connectivity index (χ0n) is 15.0. The maximum Gasteiger partial charge on any atom is 0.0968 e. The van der Waals surface area contributed by atoms with Crippen molar-refractivity contribution in [1.29, 1.82) is 0 Å². The van der Waals surface area contributed by atoms with Crippen LogP contribution in [0.15, 0.2) is 66.5 Å². The third kappa shape index (κ3) is 3.80. The predicted molar refractivity (Wildman–Crippen MR) is 101 cm³/mol. The summed E-state index contributed by atoms with van der Waals surface area (Å²) in [5.41, 5.74) is 4.84. The highest BCUT2D eigenvalue weighted by molar-refractivity contribution is 5.37. The molecule has 3 heteroatoms. The molecular weight excluding hydrogens is 296 g/mol. The van der Waals surface area contributed by atoms with Crippen LogP contribution in [0.2, 0.25) is 0 Å². The van der Waals surface area contributed by atoms with Gasteiger partial charge in [0.15, 0.2) is 0 Å². The van der Waals surface area contributed by atoms with E-state index >= 15 is 0 Å². The molecule has 0 spiro atoms. The molecule has 2 atom stereocenters. The van der Waals surface area contributed by atoms with E-state index in [9.17, 15) is 5.11 Å². The smallest absolute Gasteiger partial charge is 0.0968 e. The van der Waals surface area contributed by atoms with E-state index in [1.807, 2.05) is 50.3 Å². The second-order valence-corrected chi connectivity index (χ2v) is 6.00. The molecule has 0 bridgehead atoms. The quantitative estimate of drug-likeness (QED) is 0.802. The minimum Gasteiger partial charge on any atom is -0.387 e. The number of nitrogens with zero attached hydrogens (tertiary/aromatic N) is 1. The Morgan fingerprint density at radius 3 is 2.71 bits per heavy atom. The zero-order valence-corrected chi connectivity index (χ0v) is 15.0. The van der Waals surface area contributed by atoms with Crippen LogP contribution >= 0.6 is 0 Å². The van der Waals surface area contributed by atoms with Crippen LogP contribution in [0.4, 0.5) is 0 Å². The molecule has 1 aromatic rings. The zero-order chi connectivity index (χ0) is 17.5. The minimum absolute atomic E-state index is 0.336. The van der Waals surface area contributed by atoms with Gasteiger partial charge in [-0.2, -0.15) is 0 Å². The van der Waals surface area contributed by atoms with Gasteiger partial charge >= 0.3 is 0 Å². The number of allylic oxidation sites excluding steroid dienone is 2. The molecule has 2 unspecified atom stereocenters. The number of hydrogen-bond acceptors (Lipinski definition) is 3. The average molecular weight is 326 g/mol. The normalized spacial score (nSPS) is 21.0. The second-order valence-electron chi connectivity index (χ2n) is 6.00. The molecule has 0 saturated carbocycles. The lowest BCUT2D eigenvalue weighted by Gasteiger charge is -2.28. The van der Waals surface area contributed by atoms with Gasteiger partial charge in [0.2, 0.25) is 0 Å². The van der Waals surface area contributed by atoms with Crippen LogP contribution in [-0.2, 0) is 0 Å². The first kappa shape index (κ1) is 18.5. The Bertz CT molecular complexity index is 591. The van der Waals surface area contributed by atoms with Crippen molar-refractivity contribution in [2.75, 3.05) is 19.6 Å². The van der Waals surface area contributed by atoms with Crippen molar-refractivity contribution >= 4 is 0 Å². The fourth-order valence-corrected chi connectivity index (χ4v) is 3.51. The Morgan fingerprint density at radius 1 is 1.33 bits per heavy atom. The molecule has 2 aliphatic heterocycles. The van der Waals surface area contributed by atoms with Gasteiger partial charge in [-0.15, -0.1) is 6.58 Å². The number of hydrogen-bond donors (Lipinski definition) is 2. The summed E-state index contributed by atoms with van der Waals surface area (Å²) in [5.74, 6) is 0.336. The molecule has 0 amide bonds. The van der Waals surface area contributed by atoms with E-state index in [0.717, 1.165) is 37.2 Å². The van der Waals surface area contributed by atoms with Crippen LogP contribution < -0.4 is 5.32 Å². The Morgan fingerprint density at radius 2 is 2.04 bits per heavy atom. The van der Waals surface area contributed by atoms with Crippen LogP contribution in [0.1, 0.15) is 38.4 Å². The van der Waals surface area contributed by atoms with Gasteiger partial charge in [0.25, 0.3) is 0 Å². The highest BCUT2D eigenvalue weighted by Crippen LogP contribution is 2.41. The largest absolute Gasteiger partial charge is 0.387 e. The molecule has 0 aromatic heterocycles. The van der Waals surface area contributed by atoms with Gasteiger partial charge in [0.05, 0.1) is 12.6 Å². The van der Waals surface area contributed by atoms with Gasteiger partial charge in [0, 0.05) is 36.8 Å². The standard InChI is InChI=1S/C19H24N2O.C2H6/c1-3-7-16-14(2)21(18-10-11-20-12-17(16)18)13-19(22)15-8-5-4-6-9-15;1-2/h3-6,8-9,16,19-20,22H,1-2,7,10-13H2;1-2H3. The van der Waals surface area contributed by atoms with Gasteiger partial charge in [-0.25, -0.2) is 0 Å². The lowest BCUT2D eigenvalue weighted by atomic mass is 9.93. The summed E-state index contributed by atoms with van der Waals surface area (Å²) in [6.07, 6.45) is 3.39. The van der Waals surface area contributed by atoms with E-state index < -0.39 is 6.10 Å². The first-order valence-electron chi connectivity index (χ1n) is 8.95. The number of aliphatic hydroxyl groups excluding tert-OH is 1. The highest BCUT2D eigenvalue weighted by Gasteiger charge is 2.35. The molecule has 2 aliphatic rings. The van der Waals surface area contributed by atoms with Crippen LogP contribution in [0.3, 0.4) is 0 Å². The minimum atomic E-state index is -0.496. The Hall–Kier alpha value is -1.84. The molecule has 1 aromatic carbocycles. The molecule has 0 aliphatic carbocycles. The van der Waals surface area contributed by atoms with Crippen molar-refractivity contribution < 1.29 is 5.11 Å². The van der Waals surface area contributed by atoms with Gasteiger partial charge in [-0.1, -0.05) is 56.8 Å². The van der Waals surface area contributed by atoms with E-state index in [0.29, 0.717) is 12.5 Å². The summed E-state index contributed by atoms with van der Waals surface area (Å²) in [6.45, 7) is 14.7. The van der Waals surface area contributed by atoms with Crippen molar-refractivity contribution in [1.82, 2.24) is 10.2 Å². The Balaban J connectivity index is 0.00000100. The van der Waals surface area contributed by atoms with Crippen LogP contribution in [0.5, 0.6) is 0 Å². The topological polar surface area (TPSA) is 35.5 Å². The summed E-state index contributed by atoms with van der Waals surface area (Å²) >= 11 is 0. The van der Waals surface area contributed by atoms with Crippen LogP contribution in [-0.4, -0.2) is 29.6 Å². The Labute approximate surface area is 146 Å². The van der Waals surface area contributed by atoms with E-state index in [1.165, 1.54) is 11.3 Å². The summed E-state index contributed by atoms with van der Waals surface area (Å²) in [5, 5.41) is 14.0. The average Bonchev–Trinajstić information content (AvgIpc) is 2.90. The lowest BCUT2D eigenvalue weighted by Crippen LogP contribution is -2.30. The molecule has 0 saturated heterocycles. The van der Waals surface area contributed by atoms with Crippen molar-refractivity contribution in [3.05, 3.63) is 72.1 Å². The van der Waals surface area contributed by atoms with Crippen LogP contribution in [0.25, 0.3) is 0 Å². The SMILES string of the molecule is C=CCC1C(=C)N(CC(O)c2ccccc2)C2=C1CNCC2.CC. The number of benzene rings is 1. The molecular formula is C21H30N2O. The fraction of sp³-hybridized carbons (Fsp3) is 0.429. The van der Waals surface area contributed by atoms with Gasteiger partial charge in [-0.3, -0.25) is 0 Å². The van der Waals surface area contributed by atoms with Crippen LogP contribution in [0, 0.1) is 5.92 Å². The van der Waals surface area contributed by atoms with E-state index in [-0.39, 0.29) is 0 Å². The molecule has 2 N–H and O–H groups in total. The monoisotopic (exact) mass is 326 g/mol. The Kier molecular flexibility index (Phi) is 6.83. The van der Waals surface area contributed by atoms with Gasteiger partial charge in [0.1, 0.15) is 0 Å². The molecule has 24 heavy (non-hydrogen) atoms. The molecule has 0 radical (unpaired) electrons. The number of β-amino-alcohol motifs (C(OH)–C–C–N with tert-alkyl or cyclic N) is 1. The van der Waals surface area contributed by atoms with Crippen molar-refractivity contribution in [3.8, 4) is 0 Å². The van der Waals surface area contributed by atoms with Crippen molar-refractivity contribution in [2.45, 2.75) is 32.8 Å². The first-order valence-corrected chi connectivity index (χ1v) is 8.95. The molecule has 130 valence electrons. The number of nitrogens with one attached hydrogen (secondary N) is 1. The van der Waals surface area contributed by atoms with E-state index in [1.54, 1.807) is 0 Å². The predicted octanol–water partition coefficient (Wildman–Crippen LogP) is 4.02. The summed E-state index contributed by atoms with van der Waals surface area (Å²) in [4.78, 5) is 2.24.